The van der Waals surface area contributed by atoms with Crippen molar-refractivity contribution in [2.24, 2.45) is 5.92 Å². The SMILES string of the molecule is COCC(=O)N[C@H]1CC[C@H](CCN2CCC(c3cccc4occc34)CC2)CC1. The number of furan rings is 1. The highest BCUT2D eigenvalue weighted by Crippen LogP contribution is 2.34. The van der Waals surface area contributed by atoms with E-state index in [1.165, 1.54) is 62.7 Å². The number of hydrogen-bond acceptors (Lipinski definition) is 4. The van der Waals surface area contributed by atoms with Crippen LogP contribution in [-0.4, -0.2) is 50.2 Å². The highest BCUT2D eigenvalue weighted by molar-refractivity contribution is 5.81. The summed E-state index contributed by atoms with van der Waals surface area (Å²) in [5, 5.41) is 4.39. The number of hydrogen-bond donors (Lipinski definition) is 1. The number of carbonyl (C=O) groups excluding carboxylic acids is 1. The molecule has 1 N–H and O–H groups in total. The lowest BCUT2D eigenvalue weighted by Crippen LogP contribution is -2.40. The normalized spacial score (nSPS) is 24.0. The van der Waals surface area contributed by atoms with Crippen LogP contribution in [0.4, 0.5) is 0 Å². The van der Waals surface area contributed by atoms with Crippen molar-refractivity contribution in [2.75, 3.05) is 33.4 Å². The van der Waals surface area contributed by atoms with Crippen molar-refractivity contribution >= 4 is 16.9 Å². The molecule has 1 saturated heterocycles. The Morgan fingerprint density at radius 2 is 1.93 bits per heavy atom. The first-order valence-corrected chi connectivity index (χ1v) is 11.2. The Balaban J connectivity index is 1.17. The predicted molar refractivity (Wildman–Crippen MR) is 115 cm³/mol. The van der Waals surface area contributed by atoms with Gasteiger partial charge in [-0.25, -0.2) is 0 Å². The van der Waals surface area contributed by atoms with E-state index in [1.54, 1.807) is 13.4 Å². The second-order valence-electron chi connectivity index (χ2n) is 8.80. The molecule has 1 aliphatic heterocycles. The van der Waals surface area contributed by atoms with Crippen LogP contribution in [0.25, 0.3) is 11.0 Å². The highest BCUT2D eigenvalue weighted by atomic mass is 16.5. The van der Waals surface area contributed by atoms with Crippen molar-refractivity contribution in [1.29, 1.82) is 0 Å². The highest BCUT2D eigenvalue weighted by Gasteiger charge is 2.25. The number of amides is 1. The molecule has 2 aromatic rings. The number of likely N-dealkylation sites (tertiary alicyclic amines) is 1. The summed E-state index contributed by atoms with van der Waals surface area (Å²) < 4.78 is 10.5. The van der Waals surface area contributed by atoms with Crippen LogP contribution in [0.3, 0.4) is 0 Å². The number of fused-ring (bicyclic) bond motifs is 1. The van der Waals surface area contributed by atoms with Crippen molar-refractivity contribution in [3.05, 3.63) is 36.1 Å². The zero-order valence-corrected chi connectivity index (χ0v) is 17.6. The maximum Gasteiger partial charge on any atom is 0.246 e. The Labute approximate surface area is 173 Å². The second-order valence-corrected chi connectivity index (χ2v) is 8.80. The Bertz CT molecular complexity index is 786. The van der Waals surface area contributed by atoms with E-state index in [9.17, 15) is 4.79 Å². The maximum absolute atomic E-state index is 11.7. The third kappa shape index (κ3) is 5.20. The number of piperidine rings is 1. The number of nitrogens with one attached hydrogen (secondary N) is 1. The Morgan fingerprint density at radius 1 is 1.14 bits per heavy atom. The van der Waals surface area contributed by atoms with Gasteiger partial charge in [0.1, 0.15) is 12.2 Å². The molecule has 0 radical (unpaired) electrons. The Kier molecular flexibility index (Phi) is 6.88. The summed E-state index contributed by atoms with van der Waals surface area (Å²) in [4.78, 5) is 14.3. The molecule has 0 spiro atoms. The van der Waals surface area contributed by atoms with Crippen LogP contribution < -0.4 is 5.32 Å². The zero-order chi connectivity index (χ0) is 20.1. The average Bonchev–Trinajstić information content (AvgIpc) is 3.23. The smallest absolute Gasteiger partial charge is 0.246 e. The minimum Gasteiger partial charge on any atom is -0.464 e. The van der Waals surface area contributed by atoms with E-state index in [0.717, 1.165) is 24.3 Å². The van der Waals surface area contributed by atoms with Gasteiger partial charge in [0, 0.05) is 18.5 Å². The molecule has 5 heteroatoms. The monoisotopic (exact) mass is 398 g/mol. The summed E-state index contributed by atoms with van der Waals surface area (Å²) in [7, 11) is 1.57. The molecular formula is C24H34N2O3. The molecule has 5 nitrogen and oxygen atoms in total. The fourth-order valence-corrected chi connectivity index (χ4v) is 5.20. The second kappa shape index (κ2) is 9.77. The number of nitrogens with zero attached hydrogens (tertiary/aromatic N) is 1. The fourth-order valence-electron chi connectivity index (χ4n) is 5.20. The van der Waals surface area contributed by atoms with Gasteiger partial charge in [-0.15, -0.1) is 0 Å². The molecule has 1 saturated carbocycles. The van der Waals surface area contributed by atoms with Crippen LogP contribution >= 0.6 is 0 Å². The number of methoxy groups -OCH3 is 1. The molecule has 1 aromatic carbocycles. The van der Waals surface area contributed by atoms with Crippen molar-refractivity contribution in [3.63, 3.8) is 0 Å². The van der Waals surface area contributed by atoms with Crippen molar-refractivity contribution in [2.45, 2.75) is 56.9 Å². The lowest BCUT2D eigenvalue weighted by molar-refractivity contribution is -0.125. The number of benzene rings is 1. The van der Waals surface area contributed by atoms with E-state index in [4.69, 9.17) is 9.15 Å². The molecule has 1 amide bonds. The number of ether oxygens (including phenoxy) is 1. The molecular weight excluding hydrogens is 364 g/mol. The molecule has 0 bridgehead atoms. The fraction of sp³-hybridized carbons (Fsp3) is 0.625. The maximum atomic E-state index is 11.7. The standard InChI is InChI=1S/C24H34N2O3/c1-28-17-24(27)25-20-7-5-18(6-8-20)9-13-26-14-10-19(11-15-26)21-3-2-4-23-22(21)12-16-29-23/h2-4,12,16,18-20H,5-11,13-15,17H2,1H3,(H,25,27)/t18-,20-. The molecule has 2 aliphatic rings. The van der Waals surface area contributed by atoms with E-state index in [-0.39, 0.29) is 12.5 Å². The first-order valence-electron chi connectivity index (χ1n) is 11.2. The van der Waals surface area contributed by atoms with Crippen molar-refractivity contribution < 1.29 is 13.9 Å². The average molecular weight is 399 g/mol. The first-order chi connectivity index (χ1) is 14.2. The lowest BCUT2D eigenvalue weighted by Gasteiger charge is -2.34. The third-order valence-electron chi connectivity index (χ3n) is 6.90. The summed E-state index contributed by atoms with van der Waals surface area (Å²) >= 11 is 0. The molecule has 2 fully saturated rings. The van der Waals surface area contributed by atoms with Crippen LogP contribution in [0.15, 0.2) is 34.9 Å². The molecule has 29 heavy (non-hydrogen) atoms. The minimum absolute atomic E-state index is 0.0185. The third-order valence-corrected chi connectivity index (χ3v) is 6.90. The van der Waals surface area contributed by atoms with Gasteiger partial charge in [0.2, 0.25) is 5.91 Å². The van der Waals surface area contributed by atoms with E-state index >= 15 is 0 Å². The van der Waals surface area contributed by atoms with E-state index in [1.807, 2.05) is 0 Å². The zero-order valence-electron chi connectivity index (χ0n) is 17.6. The molecule has 2 heterocycles. The molecule has 1 aromatic heterocycles. The summed E-state index contributed by atoms with van der Waals surface area (Å²) in [5.74, 6) is 1.48. The molecule has 158 valence electrons. The van der Waals surface area contributed by atoms with Crippen LogP contribution in [0.2, 0.25) is 0 Å². The molecule has 0 unspecified atom stereocenters. The number of rotatable bonds is 7. The molecule has 4 rings (SSSR count). The minimum atomic E-state index is 0.0185. The van der Waals surface area contributed by atoms with Crippen LogP contribution in [0.1, 0.15) is 56.4 Å². The summed E-state index contributed by atoms with van der Waals surface area (Å²) in [5.41, 5.74) is 2.48. The van der Waals surface area contributed by atoms with Crippen molar-refractivity contribution in [3.8, 4) is 0 Å². The topological polar surface area (TPSA) is 54.7 Å². The molecule has 1 aliphatic carbocycles. The van der Waals surface area contributed by atoms with Crippen LogP contribution in [0, 0.1) is 5.92 Å². The van der Waals surface area contributed by atoms with E-state index in [2.05, 4.69) is 34.5 Å². The summed E-state index contributed by atoms with van der Waals surface area (Å²) in [6.45, 7) is 3.78. The van der Waals surface area contributed by atoms with Gasteiger partial charge in [-0.05, 0) is 94.1 Å². The van der Waals surface area contributed by atoms with Crippen LogP contribution in [0.5, 0.6) is 0 Å². The van der Waals surface area contributed by atoms with Gasteiger partial charge in [-0.3, -0.25) is 4.79 Å². The Morgan fingerprint density at radius 3 is 2.69 bits per heavy atom. The van der Waals surface area contributed by atoms with Gasteiger partial charge < -0.3 is 19.4 Å². The van der Waals surface area contributed by atoms with E-state index < -0.39 is 0 Å². The Hall–Kier alpha value is -1.85. The van der Waals surface area contributed by atoms with Gasteiger partial charge in [0.05, 0.1) is 6.26 Å². The van der Waals surface area contributed by atoms with E-state index in [0.29, 0.717) is 12.0 Å². The summed E-state index contributed by atoms with van der Waals surface area (Å²) in [6.07, 6.45) is 10.3. The van der Waals surface area contributed by atoms with Gasteiger partial charge in [-0.2, -0.15) is 0 Å². The lowest BCUT2D eigenvalue weighted by atomic mass is 9.83. The van der Waals surface area contributed by atoms with Crippen LogP contribution in [-0.2, 0) is 9.53 Å². The quantitative estimate of drug-likeness (QED) is 0.754. The number of carbonyl (C=O) groups is 1. The molecule has 0 atom stereocenters. The van der Waals surface area contributed by atoms with Crippen molar-refractivity contribution in [1.82, 2.24) is 10.2 Å². The predicted octanol–water partition coefficient (Wildman–Crippen LogP) is 4.32. The summed E-state index contributed by atoms with van der Waals surface area (Å²) in [6, 6.07) is 8.93. The van der Waals surface area contributed by atoms with Gasteiger partial charge >= 0.3 is 0 Å². The van der Waals surface area contributed by atoms with Gasteiger partial charge in [0.25, 0.3) is 0 Å². The van der Waals surface area contributed by atoms with Gasteiger partial charge in [0.15, 0.2) is 0 Å². The first kappa shape index (κ1) is 20.4. The van der Waals surface area contributed by atoms with Gasteiger partial charge in [-0.1, -0.05) is 12.1 Å². The largest absolute Gasteiger partial charge is 0.464 e.